The van der Waals surface area contributed by atoms with Gasteiger partial charge in [-0.1, -0.05) is 78.9 Å². The van der Waals surface area contributed by atoms with E-state index < -0.39 is 18.1 Å². The first-order valence-corrected chi connectivity index (χ1v) is 12.4. The molecule has 188 valence electrons. The number of hydrogen-bond acceptors (Lipinski definition) is 4. The first-order valence-electron chi connectivity index (χ1n) is 12.4. The minimum atomic E-state index is -1.12. The van der Waals surface area contributed by atoms with Gasteiger partial charge in [0, 0.05) is 24.1 Å². The number of fused-ring (bicyclic) bond motifs is 4. The summed E-state index contributed by atoms with van der Waals surface area (Å²) in [4.78, 5) is 24.6. The van der Waals surface area contributed by atoms with Crippen molar-refractivity contribution in [3.8, 4) is 22.3 Å². The van der Waals surface area contributed by atoms with Gasteiger partial charge in [-0.25, -0.2) is 14.1 Å². The molecule has 38 heavy (non-hydrogen) atoms. The standard InChI is InChI=1S/C31H25N3O4/c35-30(36)28(17-20-12-14-21(15-13-20)26-18-32-34-16-6-5-11-29(26)34)33-31(37)38-19-27-24-9-3-1-7-22(24)23-8-2-4-10-25(23)27/h1-16,18,27-28H,17,19H2,(H,33,37)(H,35,36)/t28-/m0/s1. The first kappa shape index (κ1) is 23.5. The predicted octanol–water partition coefficient (Wildman–Crippen LogP) is 5.54. The number of carbonyl (C=O) groups excluding carboxylic acids is 1. The maximum atomic E-state index is 12.7. The molecular formula is C31H25N3O4. The Morgan fingerprint density at radius 3 is 2.21 bits per heavy atom. The van der Waals surface area contributed by atoms with Crippen molar-refractivity contribution in [1.29, 1.82) is 0 Å². The summed E-state index contributed by atoms with van der Waals surface area (Å²) in [5.74, 6) is -1.21. The summed E-state index contributed by atoms with van der Waals surface area (Å²) in [5.41, 5.74) is 8.21. The lowest BCUT2D eigenvalue weighted by Crippen LogP contribution is -2.42. The lowest BCUT2D eigenvalue weighted by molar-refractivity contribution is -0.139. The van der Waals surface area contributed by atoms with Gasteiger partial charge in [0.15, 0.2) is 0 Å². The Balaban J connectivity index is 1.11. The van der Waals surface area contributed by atoms with E-state index in [9.17, 15) is 14.7 Å². The highest BCUT2D eigenvalue weighted by Gasteiger charge is 2.29. The molecule has 6 rings (SSSR count). The number of pyridine rings is 1. The largest absolute Gasteiger partial charge is 0.480 e. The van der Waals surface area contributed by atoms with E-state index in [1.54, 1.807) is 0 Å². The van der Waals surface area contributed by atoms with E-state index in [0.29, 0.717) is 0 Å². The van der Waals surface area contributed by atoms with Crippen molar-refractivity contribution < 1.29 is 19.4 Å². The number of carbonyl (C=O) groups is 2. The van der Waals surface area contributed by atoms with Crippen molar-refractivity contribution in [2.24, 2.45) is 0 Å². The first-order chi connectivity index (χ1) is 18.6. The lowest BCUT2D eigenvalue weighted by Gasteiger charge is -2.17. The summed E-state index contributed by atoms with van der Waals surface area (Å²) >= 11 is 0. The zero-order chi connectivity index (χ0) is 26.1. The molecule has 1 aliphatic carbocycles. The van der Waals surface area contributed by atoms with Crippen molar-refractivity contribution in [1.82, 2.24) is 14.9 Å². The Kier molecular flexibility index (Phi) is 6.09. The number of aromatic nitrogens is 2. The molecular weight excluding hydrogens is 478 g/mol. The minimum absolute atomic E-state index is 0.0936. The van der Waals surface area contributed by atoms with Gasteiger partial charge in [0.25, 0.3) is 0 Å². The van der Waals surface area contributed by atoms with Crippen LogP contribution in [0.3, 0.4) is 0 Å². The van der Waals surface area contributed by atoms with Gasteiger partial charge < -0.3 is 15.2 Å². The van der Waals surface area contributed by atoms with E-state index >= 15 is 0 Å². The zero-order valence-electron chi connectivity index (χ0n) is 20.5. The second-order valence-corrected chi connectivity index (χ2v) is 9.35. The summed E-state index contributed by atoms with van der Waals surface area (Å²) in [6.45, 7) is 0.126. The number of carboxylic acids is 1. The summed E-state index contributed by atoms with van der Waals surface area (Å²) in [7, 11) is 0. The molecule has 0 spiro atoms. The molecule has 7 nitrogen and oxygen atoms in total. The zero-order valence-corrected chi connectivity index (χ0v) is 20.5. The Bertz CT molecular complexity index is 1600. The van der Waals surface area contributed by atoms with Crippen LogP contribution >= 0.6 is 0 Å². The number of benzene rings is 3. The number of rotatable bonds is 7. The van der Waals surface area contributed by atoms with E-state index in [-0.39, 0.29) is 18.9 Å². The topological polar surface area (TPSA) is 92.9 Å². The highest BCUT2D eigenvalue weighted by Crippen LogP contribution is 2.44. The van der Waals surface area contributed by atoms with Gasteiger partial charge in [0.1, 0.15) is 12.6 Å². The Morgan fingerprint density at radius 1 is 0.868 bits per heavy atom. The molecule has 1 aliphatic rings. The van der Waals surface area contributed by atoms with Crippen molar-refractivity contribution >= 4 is 17.6 Å². The third-order valence-electron chi connectivity index (χ3n) is 7.07. The van der Waals surface area contributed by atoms with Gasteiger partial charge >= 0.3 is 12.1 Å². The molecule has 0 aliphatic heterocycles. The number of aliphatic carboxylic acids is 1. The predicted molar refractivity (Wildman–Crippen MR) is 144 cm³/mol. The number of nitrogens with zero attached hydrogens (tertiary/aromatic N) is 2. The van der Waals surface area contributed by atoms with Crippen LogP contribution in [0.25, 0.3) is 27.8 Å². The van der Waals surface area contributed by atoms with Crippen molar-refractivity contribution in [2.75, 3.05) is 6.61 Å². The number of amides is 1. The van der Waals surface area contributed by atoms with Crippen LogP contribution in [0, 0.1) is 0 Å². The normalized spacial score (nSPS) is 13.1. The molecule has 0 unspecified atom stereocenters. The van der Waals surface area contributed by atoms with Crippen molar-refractivity contribution in [3.05, 3.63) is 120 Å². The summed E-state index contributed by atoms with van der Waals surface area (Å²) < 4.78 is 7.35. The number of hydrogen-bond donors (Lipinski definition) is 2. The number of alkyl carbamates (subject to hydrolysis) is 1. The summed E-state index contributed by atoms with van der Waals surface area (Å²) in [6.07, 6.45) is 3.08. The molecule has 2 aromatic heterocycles. The Hall–Kier alpha value is -4.91. The Morgan fingerprint density at radius 2 is 1.53 bits per heavy atom. The van der Waals surface area contributed by atoms with Gasteiger partial charge in [-0.15, -0.1) is 0 Å². The minimum Gasteiger partial charge on any atom is -0.480 e. The fraction of sp³-hybridized carbons (Fsp3) is 0.129. The van der Waals surface area contributed by atoms with E-state index in [2.05, 4.69) is 22.5 Å². The van der Waals surface area contributed by atoms with Gasteiger partial charge in [-0.05, 0) is 45.5 Å². The molecule has 0 saturated heterocycles. The van der Waals surface area contributed by atoms with Gasteiger partial charge in [0.05, 0.1) is 11.7 Å². The molecule has 2 N–H and O–H groups in total. The number of nitrogens with one attached hydrogen (secondary N) is 1. The van der Waals surface area contributed by atoms with E-state index in [4.69, 9.17) is 4.74 Å². The van der Waals surface area contributed by atoms with E-state index in [1.165, 1.54) is 0 Å². The van der Waals surface area contributed by atoms with Crippen molar-refractivity contribution in [2.45, 2.75) is 18.4 Å². The van der Waals surface area contributed by atoms with Crippen LogP contribution in [0.1, 0.15) is 22.6 Å². The lowest BCUT2D eigenvalue weighted by atomic mass is 9.98. The van der Waals surface area contributed by atoms with E-state index in [1.807, 2.05) is 95.8 Å². The highest BCUT2D eigenvalue weighted by atomic mass is 16.5. The molecule has 1 amide bonds. The maximum absolute atomic E-state index is 12.7. The average Bonchev–Trinajstić information content (AvgIpc) is 3.51. The monoisotopic (exact) mass is 503 g/mol. The summed E-state index contributed by atoms with van der Waals surface area (Å²) in [6, 6.07) is 28.5. The van der Waals surface area contributed by atoms with Crippen LogP contribution in [0.4, 0.5) is 4.79 Å². The summed E-state index contributed by atoms with van der Waals surface area (Å²) in [5, 5.41) is 16.7. The molecule has 0 fully saturated rings. The fourth-order valence-corrected chi connectivity index (χ4v) is 5.20. The van der Waals surface area contributed by atoms with Gasteiger partial charge in [0.2, 0.25) is 0 Å². The van der Waals surface area contributed by atoms with Crippen LogP contribution < -0.4 is 5.32 Å². The van der Waals surface area contributed by atoms with Gasteiger partial charge in [-0.2, -0.15) is 5.10 Å². The molecule has 2 heterocycles. The second-order valence-electron chi connectivity index (χ2n) is 9.35. The van der Waals surface area contributed by atoms with Gasteiger partial charge in [-0.3, -0.25) is 0 Å². The molecule has 3 aromatic carbocycles. The average molecular weight is 504 g/mol. The van der Waals surface area contributed by atoms with Crippen LogP contribution in [0.15, 0.2) is 103 Å². The fourth-order valence-electron chi connectivity index (χ4n) is 5.20. The molecule has 0 saturated carbocycles. The Labute approximate surface area is 219 Å². The van der Waals surface area contributed by atoms with Crippen LogP contribution in [0.2, 0.25) is 0 Å². The van der Waals surface area contributed by atoms with Crippen LogP contribution in [-0.4, -0.2) is 39.4 Å². The number of carboxylic acid groups (broad SMARTS) is 1. The molecule has 0 bridgehead atoms. The molecule has 0 radical (unpaired) electrons. The molecule has 5 aromatic rings. The second kappa shape index (κ2) is 9.86. The number of ether oxygens (including phenoxy) is 1. The SMILES string of the molecule is O=C(N[C@@H](Cc1ccc(-c2cnn3ccccc23)cc1)C(=O)O)OCC1c2ccccc2-c2ccccc21. The van der Waals surface area contributed by atoms with Crippen LogP contribution in [-0.2, 0) is 16.0 Å². The smallest absolute Gasteiger partial charge is 0.407 e. The third-order valence-corrected chi connectivity index (χ3v) is 7.07. The van der Waals surface area contributed by atoms with Crippen LogP contribution in [0.5, 0.6) is 0 Å². The van der Waals surface area contributed by atoms with Crippen molar-refractivity contribution in [3.63, 3.8) is 0 Å². The maximum Gasteiger partial charge on any atom is 0.407 e. The highest BCUT2D eigenvalue weighted by molar-refractivity contribution is 5.82. The quantitative estimate of drug-likeness (QED) is 0.304. The van der Waals surface area contributed by atoms with E-state index in [0.717, 1.165) is 44.5 Å². The molecule has 1 atom stereocenters. The molecule has 7 heteroatoms. The third kappa shape index (κ3) is 4.39.